The van der Waals surface area contributed by atoms with Gasteiger partial charge < -0.3 is 24.4 Å². The minimum absolute atomic E-state index is 0.366. The summed E-state index contributed by atoms with van der Waals surface area (Å²) in [7, 11) is 1.74. The molecule has 1 N–H and O–H groups in total. The standard InChI is InChI=1S/C34H42N2O3/c1-3-36(23-25-4-10-30(11-5-25)39-24-34-14-17-35(18-15-34)19-16-34)33-22-31(38-2)12-13-32(33)28-7-6-27-21-29(37)9-8-26(27)20-28/h4-5,8-13,21-22,28,37H,3,6-7,14-20,23-24H2,1-2H3. The van der Waals surface area contributed by atoms with E-state index in [2.05, 4.69) is 65.3 Å². The smallest absolute Gasteiger partial charge is 0.120 e. The van der Waals surface area contributed by atoms with E-state index in [1.54, 1.807) is 7.11 Å². The molecule has 1 aliphatic carbocycles. The Morgan fingerprint density at radius 2 is 1.67 bits per heavy atom. The Balaban J connectivity index is 1.17. The minimum atomic E-state index is 0.366. The molecule has 39 heavy (non-hydrogen) atoms. The van der Waals surface area contributed by atoms with Crippen LogP contribution in [0.25, 0.3) is 0 Å². The number of hydrogen-bond donors (Lipinski definition) is 1. The van der Waals surface area contributed by atoms with Crippen LogP contribution in [0.4, 0.5) is 5.69 Å². The molecule has 1 atom stereocenters. The summed E-state index contributed by atoms with van der Waals surface area (Å²) in [5, 5.41) is 9.92. The van der Waals surface area contributed by atoms with Crippen molar-refractivity contribution in [2.75, 3.05) is 44.8 Å². The van der Waals surface area contributed by atoms with Gasteiger partial charge >= 0.3 is 0 Å². The molecule has 0 spiro atoms. The van der Waals surface area contributed by atoms with E-state index in [1.165, 1.54) is 66.8 Å². The molecule has 1 unspecified atom stereocenters. The van der Waals surface area contributed by atoms with E-state index in [0.29, 0.717) is 17.1 Å². The van der Waals surface area contributed by atoms with Crippen LogP contribution in [0.2, 0.25) is 0 Å². The van der Waals surface area contributed by atoms with Crippen LogP contribution >= 0.6 is 0 Å². The van der Waals surface area contributed by atoms with E-state index in [1.807, 2.05) is 12.1 Å². The first-order valence-corrected chi connectivity index (χ1v) is 14.7. The molecule has 3 aromatic rings. The van der Waals surface area contributed by atoms with Gasteiger partial charge in [-0.1, -0.05) is 24.3 Å². The van der Waals surface area contributed by atoms with Crippen molar-refractivity contribution in [2.24, 2.45) is 5.41 Å². The third kappa shape index (κ3) is 5.60. The second-order valence-corrected chi connectivity index (χ2v) is 11.9. The van der Waals surface area contributed by atoms with Crippen LogP contribution in [0.1, 0.15) is 60.8 Å². The minimum Gasteiger partial charge on any atom is -0.508 e. The van der Waals surface area contributed by atoms with Gasteiger partial charge in [-0.2, -0.15) is 0 Å². The lowest BCUT2D eigenvalue weighted by molar-refractivity contribution is -0.00766. The molecule has 0 saturated carbocycles. The summed E-state index contributed by atoms with van der Waals surface area (Å²) in [6.45, 7) is 8.53. The molecule has 5 heteroatoms. The number of benzene rings is 3. The Labute approximate surface area is 233 Å². The van der Waals surface area contributed by atoms with Gasteiger partial charge in [0, 0.05) is 30.3 Å². The molecule has 0 amide bonds. The zero-order chi connectivity index (χ0) is 26.8. The largest absolute Gasteiger partial charge is 0.508 e. The van der Waals surface area contributed by atoms with Gasteiger partial charge in [0.1, 0.15) is 17.2 Å². The predicted molar refractivity (Wildman–Crippen MR) is 157 cm³/mol. The third-order valence-corrected chi connectivity index (χ3v) is 9.54. The number of nitrogens with zero attached hydrogens (tertiary/aromatic N) is 2. The fraction of sp³-hybridized carbons (Fsp3) is 0.471. The fourth-order valence-corrected chi connectivity index (χ4v) is 6.90. The number of aryl methyl sites for hydroxylation is 1. The normalized spacial score (nSPS) is 23.7. The van der Waals surface area contributed by atoms with Gasteiger partial charge in [-0.25, -0.2) is 0 Å². The molecule has 3 saturated heterocycles. The number of anilines is 1. The van der Waals surface area contributed by atoms with E-state index in [9.17, 15) is 5.11 Å². The molecule has 7 rings (SSSR count). The number of fused-ring (bicyclic) bond motifs is 4. The van der Waals surface area contributed by atoms with Gasteiger partial charge in [0.2, 0.25) is 0 Å². The number of phenols is 1. The van der Waals surface area contributed by atoms with Crippen molar-refractivity contribution < 1.29 is 14.6 Å². The number of rotatable bonds is 9. The molecule has 4 aliphatic rings. The van der Waals surface area contributed by atoms with Crippen molar-refractivity contribution in [2.45, 2.75) is 57.9 Å². The van der Waals surface area contributed by atoms with E-state index in [-0.39, 0.29) is 0 Å². The Morgan fingerprint density at radius 3 is 2.38 bits per heavy atom. The first-order valence-electron chi connectivity index (χ1n) is 14.7. The first-order chi connectivity index (χ1) is 19.0. The average molecular weight is 527 g/mol. The quantitative estimate of drug-likeness (QED) is 0.342. The zero-order valence-electron chi connectivity index (χ0n) is 23.5. The molecule has 3 heterocycles. The Morgan fingerprint density at radius 1 is 0.923 bits per heavy atom. The molecule has 0 aromatic heterocycles. The highest BCUT2D eigenvalue weighted by molar-refractivity contribution is 5.60. The molecular formula is C34H42N2O3. The topological polar surface area (TPSA) is 45.2 Å². The van der Waals surface area contributed by atoms with Gasteiger partial charge in [-0.3, -0.25) is 0 Å². The van der Waals surface area contributed by atoms with Crippen molar-refractivity contribution in [3.63, 3.8) is 0 Å². The average Bonchev–Trinajstić information content (AvgIpc) is 3.00. The molecule has 3 aliphatic heterocycles. The monoisotopic (exact) mass is 526 g/mol. The number of ether oxygens (including phenoxy) is 2. The molecule has 0 radical (unpaired) electrons. The highest BCUT2D eigenvalue weighted by Gasteiger charge is 2.40. The van der Waals surface area contributed by atoms with Crippen LogP contribution < -0.4 is 14.4 Å². The lowest BCUT2D eigenvalue weighted by Crippen LogP contribution is -2.50. The summed E-state index contributed by atoms with van der Waals surface area (Å²) in [6.07, 6.45) is 6.89. The maximum Gasteiger partial charge on any atom is 0.120 e. The predicted octanol–water partition coefficient (Wildman–Crippen LogP) is 6.56. The van der Waals surface area contributed by atoms with E-state index in [0.717, 1.165) is 50.5 Å². The highest BCUT2D eigenvalue weighted by atomic mass is 16.5. The highest BCUT2D eigenvalue weighted by Crippen LogP contribution is 2.41. The van der Waals surface area contributed by atoms with Crippen molar-refractivity contribution in [1.82, 2.24) is 4.90 Å². The summed E-state index contributed by atoms with van der Waals surface area (Å²) >= 11 is 0. The van der Waals surface area contributed by atoms with Crippen molar-refractivity contribution in [3.05, 3.63) is 82.9 Å². The second kappa shape index (κ2) is 11.1. The first kappa shape index (κ1) is 26.1. The summed E-state index contributed by atoms with van der Waals surface area (Å²) in [5.74, 6) is 2.69. The van der Waals surface area contributed by atoms with Crippen LogP contribution in [0, 0.1) is 5.41 Å². The summed E-state index contributed by atoms with van der Waals surface area (Å²) in [5.41, 5.74) is 6.94. The molecule has 206 valence electrons. The Hall–Kier alpha value is -3.18. The number of hydrogen-bond acceptors (Lipinski definition) is 5. The van der Waals surface area contributed by atoms with Crippen LogP contribution in [-0.4, -0.2) is 49.9 Å². The number of methoxy groups -OCH3 is 1. The van der Waals surface area contributed by atoms with Crippen LogP contribution in [0.15, 0.2) is 60.7 Å². The van der Waals surface area contributed by atoms with Gasteiger partial charge in [0.25, 0.3) is 0 Å². The van der Waals surface area contributed by atoms with Crippen LogP contribution in [-0.2, 0) is 19.4 Å². The van der Waals surface area contributed by atoms with Crippen molar-refractivity contribution >= 4 is 5.69 Å². The van der Waals surface area contributed by atoms with Gasteiger partial charge in [0.15, 0.2) is 0 Å². The molecule has 3 aromatic carbocycles. The van der Waals surface area contributed by atoms with E-state index in [4.69, 9.17) is 9.47 Å². The maximum absolute atomic E-state index is 9.92. The van der Waals surface area contributed by atoms with Gasteiger partial charge in [0.05, 0.1) is 13.7 Å². The van der Waals surface area contributed by atoms with Crippen molar-refractivity contribution in [1.29, 1.82) is 0 Å². The molecule has 5 nitrogen and oxygen atoms in total. The lowest BCUT2D eigenvalue weighted by atomic mass is 9.73. The summed E-state index contributed by atoms with van der Waals surface area (Å²) in [6, 6.07) is 21.2. The third-order valence-electron chi connectivity index (χ3n) is 9.54. The van der Waals surface area contributed by atoms with Crippen molar-refractivity contribution in [3.8, 4) is 17.2 Å². The number of phenolic OH excluding ortho intramolecular Hbond substituents is 1. The SMILES string of the molecule is CCN(Cc1ccc(OCC23CCN(CC2)CC3)cc1)c1cc(OC)ccc1C1CCc2cc(O)ccc2C1. The molecular weight excluding hydrogens is 484 g/mol. The Kier molecular flexibility index (Phi) is 7.44. The number of piperidine rings is 3. The van der Waals surface area contributed by atoms with E-state index >= 15 is 0 Å². The van der Waals surface area contributed by atoms with E-state index < -0.39 is 0 Å². The number of aromatic hydroxyl groups is 1. The fourth-order valence-electron chi connectivity index (χ4n) is 6.90. The van der Waals surface area contributed by atoms with Crippen LogP contribution in [0.5, 0.6) is 17.2 Å². The summed E-state index contributed by atoms with van der Waals surface area (Å²) < 4.78 is 12.0. The van der Waals surface area contributed by atoms with Gasteiger partial charge in [-0.15, -0.1) is 0 Å². The maximum atomic E-state index is 9.92. The lowest BCUT2D eigenvalue weighted by Gasteiger charge is -2.48. The molecule has 3 fully saturated rings. The zero-order valence-corrected chi connectivity index (χ0v) is 23.5. The molecule has 2 bridgehead atoms. The van der Waals surface area contributed by atoms with Crippen LogP contribution in [0.3, 0.4) is 0 Å². The van der Waals surface area contributed by atoms with Gasteiger partial charge in [-0.05, 0) is 124 Å². The Bertz CT molecular complexity index is 1270. The summed E-state index contributed by atoms with van der Waals surface area (Å²) in [4.78, 5) is 5.05. The second-order valence-electron chi connectivity index (χ2n) is 11.9.